The number of carboxylic acid groups (broad SMARTS) is 1. The molecule has 0 spiro atoms. The summed E-state index contributed by atoms with van der Waals surface area (Å²) in [5.41, 5.74) is -0.412. The molecule has 7 nitrogen and oxygen atoms in total. The number of nitro groups is 1. The van der Waals surface area contributed by atoms with Crippen LogP contribution in [0.5, 0.6) is 0 Å². The third kappa shape index (κ3) is 2.97. The van der Waals surface area contributed by atoms with Crippen LogP contribution >= 0.6 is 11.6 Å². The summed E-state index contributed by atoms with van der Waals surface area (Å²) in [6, 6.07) is 3.01. The van der Waals surface area contributed by atoms with Crippen LogP contribution in [0.25, 0.3) is 0 Å². The molecule has 1 N–H and O–H groups in total. The van der Waals surface area contributed by atoms with E-state index in [1.54, 1.807) is 0 Å². The minimum absolute atomic E-state index is 0.0426. The Morgan fingerprint density at radius 3 is 2.71 bits per heavy atom. The summed E-state index contributed by atoms with van der Waals surface area (Å²) in [4.78, 5) is 35.1. The van der Waals surface area contributed by atoms with Gasteiger partial charge in [0.2, 0.25) is 0 Å². The Balaban J connectivity index is 2.37. The number of nitro benzene ring substituents is 1. The Hall–Kier alpha value is -2.15. The quantitative estimate of drug-likeness (QED) is 0.682. The van der Waals surface area contributed by atoms with E-state index in [1.165, 1.54) is 23.1 Å². The van der Waals surface area contributed by atoms with Gasteiger partial charge < -0.3 is 10.0 Å². The number of amides is 1. The van der Waals surface area contributed by atoms with Gasteiger partial charge in [-0.3, -0.25) is 14.9 Å². The fraction of sp³-hybridized carbons (Fsp3) is 0.385. The second kappa shape index (κ2) is 6.09. The highest BCUT2D eigenvalue weighted by molar-refractivity contribution is 6.35. The average Bonchev–Trinajstić information content (AvgIpc) is 2.46. The van der Waals surface area contributed by atoms with Gasteiger partial charge in [-0.25, -0.2) is 4.79 Å². The third-order valence-electron chi connectivity index (χ3n) is 3.45. The molecule has 1 fully saturated rings. The minimum atomic E-state index is -1.08. The van der Waals surface area contributed by atoms with Crippen LogP contribution in [0.3, 0.4) is 0 Å². The molecule has 1 saturated heterocycles. The van der Waals surface area contributed by atoms with Crippen LogP contribution in [0.2, 0.25) is 5.02 Å². The van der Waals surface area contributed by atoms with Gasteiger partial charge in [-0.15, -0.1) is 0 Å². The number of carboxylic acids is 1. The summed E-state index contributed by atoms with van der Waals surface area (Å²) in [5.74, 6) is -1.67. The van der Waals surface area contributed by atoms with Crippen molar-refractivity contribution in [2.45, 2.75) is 25.3 Å². The fourth-order valence-electron chi connectivity index (χ4n) is 2.41. The molecule has 1 aromatic carbocycles. The molecule has 0 radical (unpaired) electrons. The van der Waals surface area contributed by atoms with Gasteiger partial charge in [-0.05, 0) is 25.3 Å². The summed E-state index contributed by atoms with van der Waals surface area (Å²) in [5, 5.41) is 19.8. The van der Waals surface area contributed by atoms with Gasteiger partial charge in [0.15, 0.2) is 0 Å². The van der Waals surface area contributed by atoms with Gasteiger partial charge in [-0.1, -0.05) is 17.7 Å². The first-order valence-corrected chi connectivity index (χ1v) is 6.78. The predicted molar refractivity (Wildman–Crippen MR) is 74.4 cm³/mol. The van der Waals surface area contributed by atoms with Crippen LogP contribution in [0, 0.1) is 10.1 Å². The summed E-state index contributed by atoms with van der Waals surface area (Å²) in [6.07, 6.45) is 1.79. The molecular weight excluding hydrogens is 300 g/mol. The number of likely N-dealkylation sites (tertiary alicyclic amines) is 1. The fourth-order valence-corrected chi connectivity index (χ4v) is 2.69. The molecule has 2 rings (SSSR count). The highest BCUT2D eigenvalue weighted by Gasteiger charge is 2.34. The number of carbonyl (C=O) groups excluding carboxylic acids is 1. The van der Waals surface area contributed by atoms with Gasteiger partial charge in [-0.2, -0.15) is 0 Å². The van der Waals surface area contributed by atoms with Crippen LogP contribution in [-0.4, -0.2) is 39.4 Å². The van der Waals surface area contributed by atoms with Crippen LogP contribution in [-0.2, 0) is 4.79 Å². The summed E-state index contributed by atoms with van der Waals surface area (Å²) in [7, 11) is 0. The molecule has 21 heavy (non-hydrogen) atoms. The number of aliphatic carboxylic acids is 1. The van der Waals surface area contributed by atoms with Gasteiger partial charge in [0.1, 0.15) is 11.1 Å². The number of hydrogen-bond acceptors (Lipinski definition) is 4. The second-order valence-corrected chi connectivity index (χ2v) is 5.12. The molecular formula is C13H13ClN2O5. The van der Waals surface area contributed by atoms with E-state index in [9.17, 15) is 24.8 Å². The van der Waals surface area contributed by atoms with Crippen molar-refractivity contribution >= 4 is 29.2 Å². The van der Waals surface area contributed by atoms with Crippen LogP contribution in [0.1, 0.15) is 29.6 Å². The first-order valence-electron chi connectivity index (χ1n) is 6.40. The molecule has 1 aromatic rings. The molecule has 112 valence electrons. The SMILES string of the molecule is O=C(O)C1CCCCN1C(=O)c1cccc([N+](=O)[O-])c1Cl. The molecule has 1 amide bonds. The monoisotopic (exact) mass is 312 g/mol. The van der Waals surface area contributed by atoms with Crippen molar-refractivity contribution in [3.05, 3.63) is 38.9 Å². The largest absolute Gasteiger partial charge is 0.480 e. The molecule has 0 saturated carbocycles. The van der Waals surface area contributed by atoms with Crippen molar-refractivity contribution in [2.24, 2.45) is 0 Å². The van der Waals surface area contributed by atoms with Crippen molar-refractivity contribution in [1.29, 1.82) is 0 Å². The maximum absolute atomic E-state index is 12.5. The second-order valence-electron chi connectivity index (χ2n) is 4.74. The van der Waals surface area contributed by atoms with Crippen molar-refractivity contribution in [3.63, 3.8) is 0 Å². The maximum atomic E-state index is 12.5. The van der Waals surface area contributed by atoms with Crippen molar-refractivity contribution < 1.29 is 19.6 Å². The lowest BCUT2D eigenvalue weighted by molar-refractivity contribution is -0.384. The molecule has 8 heteroatoms. The molecule has 1 heterocycles. The Morgan fingerprint density at radius 2 is 2.10 bits per heavy atom. The highest BCUT2D eigenvalue weighted by atomic mass is 35.5. The Morgan fingerprint density at radius 1 is 1.38 bits per heavy atom. The molecule has 1 unspecified atom stereocenters. The number of piperidine rings is 1. The highest BCUT2D eigenvalue weighted by Crippen LogP contribution is 2.30. The first kappa shape index (κ1) is 15.2. The average molecular weight is 313 g/mol. The molecule has 1 atom stereocenters. The Labute approximate surface area is 125 Å². The van der Waals surface area contributed by atoms with E-state index in [-0.39, 0.29) is 16.3 Å². The molecule has 0 aromatic heterocycles. The van der Waals surface area contributed by atoms with Crippen LogP contribution in [0.4, 0.5) is 5.69 Å². The molecule has 1 aliphatic heterocycles. The van der Waals surface area contributed by atoms with E-state index in [2.05, 4.69) is 0 Å². The number of benzene rings is 1. The number of halogens is 1. The topological polar surface area (TPSA) is 101 Å². The van der Waals surface area contributed by atoms with E-state index in [0.29, 0.717) is 19.4 Å². The van der Waals surface area contributed by atoms with Gasteiger partial charge in [0.05, 0.1) is 10.5 Å². The van der Waals surface area contributed by atoms with Crippen LogP contribution in [0.15, 0.2) is 18.2 Å². The summed E-state index contributed by atoms with van der Waals surface area (Å²) < 4.78 is 0. The van der Waals surface area contributed by atoms with Gasteiger partial charge in [0, 0.05) is 12.6 Å². The Bertz CT molecular complexity index is 604. The van der Waals surface area contributed by atoms with Crippen molar-refractivity contribution in [2.75, 3.05) is 6.54 Å². The lowest BCUT2D eigenvalue weighted by atomic mass is 10.0. The van der Waals surface area contributed by atoms with Crippen molar-refractivity contribution in [3.8, 4) is 0 Å². The predicted octanol–water partition coefficient (Wildman–Crippen LogP) is 2.33. The zero-order valence-corrected chi connectivity index (χ0v) is 11.7. The van der Waals surface area contributed by atoms with Gasteiger partial charge in [0.25, 0.3) is 11.6 Å². The lowest BCUT2D eigenvalue weighted by Gasteiger charge is -2.33. The van der Waals surface area contributed by atoms with E-state index in [4.69, 9.17) is 11.6 Å². The van der Waals surface area contributed by atoms with E-state index < -0.39 is 22.8 Å². The Kier molecular flexibility index (Phi) is 4.42. The van der Waals surface area contributed by atoms with Crippen LogP contribution < -0.4 is 0 Å². The zero-order chi connectivity index (χ0) is 15.6. The number of hydrogen-bond donors (Lipinski definition) is 1. The third-order valence-corrected chi connectivity index (χ3v) is 3.85. The van der Waals surface area contributed by atoms with E-state index in [0.717, 1.165) is 6.42 Å². The normalized spacial score (nSPS) is 18.3. The lowest BCUT2D eigenvalue weighted by Crippen LogP contribution is -2.48. The molecule has 1 aliphatic rings. The molecule has 0 bridgehead atoms. The molecule has 0 aliphatic carbocycles. The van der Waals surface area contributed by atoms with E-state index in [1.807, 2.05) is 0 Å². The minimum Gasteiger partial charge on any atom is -0.480 e. The number of nitrogens with zero attached hydrogens (tertiary/aromatic N) is 2. The van der Waals surface area contributed by atoms with Crippen molar-refractivity contribution in [1.82, 2.24) is 4.90 Å². The summed E-state index contributed by atoms with van der Waals surface area (Å²) >= 11 is 5.91. The van der Waals surface area contributed by atoms with Gasteiger partial charge >= 0.3 is 5.97 Å². The maximum Gasteiger partial charge on any atom is 0.326 e. The standard InChI is InChI=1S/C13H13ClN2O5/c14-11-8(4-3-6-9(11)16(20)21)12(17)15-7-2-1-5-10(15)13(18)19/h3-4,6,10H,1-2,5,7H2,(H,18,19). The number of rotatable bonds is 3. The zero-order valence-electron chi connectivity index (χ0n) is 11.0. The summed E-state index contributed by atoms with van der Waals surface area (Å²) in [6.45, 7) is 0.300. The number of carbonyl (C=O) groups is 2. The van der Waals surface area contributed by atoms with E-state index >= 15 is 0 Å². The first-order chi connectivity index (χ1) is 9.93. The smallest absolute Gasteiger partial charge is 0.326 e.